The Kier molecular flexibility index (Phi) is 7.63. The van der Waals surface area contributed by atoms with Crippen molar-refractivity contribution >= 4 is 12.4 Å². The van der Waals surface area contributed by atoms with Crippen molar-refractivity contribution in [3.05, 3.63) is 47.0 Å². The van der Waals surface area contributed by atoms with Crippen LogP contribution in [0.1, 0.15) is 36.6 Å². The minimum absolute atomic E-state index is 0. The van der Waals surface area contributed by atoms with Crippen LogP contribution in [0.3, 0.4) is 0 Å². The van der Waals surface area contributed by atoms with Crippen molar-refractivity contribution < 1.29 is 18.9 Å². The van der Waals surface area contributed by atoms with Gasteiger partial charge in [0.2, 0.25) is 0 Å². The van der Waals surface area contributed by atoms with Crippen LogP contribution in [0.2, 0.25) is 0 Å². The maximum atomic E-state index is 5.83. The fourth-order valence-corrected chi connectivity index (χ4v) is 3.44. The first kappa shape index (κ1) is 21.2. The third-order valence-corrected chi connectivity index (χ3v) is 4.61. The highest BCUT2D eigenvalue weighted by Crippen LogP contribution is 2.40. The molecule has 1 unspecified atom stereocenters. The van der Waals surface area contributed by atoms with Gasteiger partial charge in [0, 0.05) is 18.2 Å². The monoisotopic (exact) mass is 393 g/mol. The van der Waals surface area contributed by atoms with Gasteiger partial charge in [0.15, 0.2) is 11.5 Å². The first-order valence-corrected chi connectivity index (χ1v) is 9.09. The first-order valence-electron chi connectivity index (χ1n) is 9.09. The van der Waals surface area contributed by atoms with E-state index in [0.29, 0.717) is 13.2 Å². The van der Waals surface area contributed by atoms with E-state index in [-0.39, 0.29) is 18.4 Å². The summed E-state index contributed by atoms with van der Waals surface area (Å²) in [5, 5.41) is 3.61. The Hall–Kier alpha value is -2.11. The molecule has 0 fully saturated rings. The van der Waals surface area contributed by atoms with E-state index in [1.165, 1.54) is 11.1 Å². The van der Waals surface area contributed by atoms with Crippen molar-refractivity contribution in [3.63, 3.8) is 0 Å². The summed E-state index contributed by atoms with van der Waals surface area (Å²) in [6.45, 7) is 6.08. The van der Waals surface area contributed by atoms with Gasteiger partial charge in [-0.3, -0.25) is 0 Å². The highest BCUT2D eigenvalue weighted by Gasteiger charge is 2.26. The molecular weight excluding hydrogens is 366 g/mol. The second-order valence-corrected chi connectivity index (χ2v) is 6.11. The lowest BCUT2D eigenvalue weighted by Crippen LogP contribution is -2.31. The fraction of sp³-hybridized carbons (Fsp3) is 0.429. The quantitative estimate of drug-likeness (QED) is 0.765. The summed E-state index contributed by atoms with van der Waals surface area (Å²) in [5.41, 5.74) is 3.56. The molecule has 1 heterocycles. The molecule has 2 aromatic carbocycles. The highest BCUT2D eigenvalue weighted by atomic mass is 35.5. The number of hydrogen-bond acceptors (Lipinski definition) is 5. The molecule has 0 spiro atoms. The molecule has 0 aromatic heterocycles. The molecule has 3 rings (SSSR count). The van der Waals surface area contributed by atoms with Crippen LogP contribution in [-0.4, -0.2) is 34.0 Å². The third kappa shape index (κ3) is 4.42. The maximum absolute atomic E-state index is 5.83. The maximum Gasteiger partial charge on any atom is 0.161 e. The average molecular weight is 394 g/mol. The number of nitrogens with one attached hydrogen (secondary N) is 1. The van der Waals surface area contributed by atoms with Crippen LogP contribution >= 0.6 is 12.4 Å². The van der Waals surface area contributed by atoms with Gasteiger partial charge < -0.3 is 24.3 Å². The second kappa shape index (κ2) is 9.72. The van der Waals surface area contributed by atoms with Crippen LogP contribution in [0, 0.1) is 0 Å². The molecule has 148 valence electrons. The summed E-state index contributed by atoms with van der Waals surface area (Å²) in [6, 6.07) is 10.2. The Morgan fingerprint density at radius 3 is 2.22 bits per heavy atom. The highest BCUT2D eigenvalue weighted by molar-refractivity contribution is 5.85. The van der Waals surface area contributed by atoms with E-state index in [1.807, 2.05) is 26.0 Å². The number of ether oxygens (including phenoxy) is 4. The zero-order valence-electron chi connectivity index (χ0n) is 16.3. The van der Waals surface area contributed by atoms with Crippen LogP contribution < -0.4 is 24.3 Å². The Bertz CT molecular complexity index is 766. The molecule has 1 aliphatic heterocycles. The van der Waals surface area contributed by atoms with Gasteiger partial charge in [-0.15, -0.1) is 12.4 Å². The Morgan fingerprint density at radius 1 is 0.889 bits per heavy atom. The number of halogens is 1. The molecule has 1 aliphatic rings. The van der Waals surface area contributed by atoms with Gasteiger partial charge in [0.05, 0.1) is 33.5 Å². The SMILES string of the molecule is CCOc1cc2c(cc1OCC)C(c1ccc(OC)cc1OC)NCC2.Cl. The van der Waals surface area contributed by atoms with E-state index in [2.05, 4.69) is 23.5 Å². The lowest BCUT2D eigenvalue weighted by atomic mass is 9.89. The van der Waals surface area contributed by atoms with Gasteiger partial charge in [0.25, 0.3) is 0 Å². The van der Waals surface area contributed by atoms with Crippen molar-refractivity contribution in [1.29, 1.82) is 0 Å². The summed E-state index contributed by atoms with van der Waals surface area (Å²) in [7, 11) is 3.35. The molecule has 2 aromatic rings. The van der Waals surface area contributed by atoms with E-state index in [9.17, 15) is 0 Å². The predicted molar refractivity (Wildman–Crippen MR) is 109 cm³/mol. The molecule has 1 N–H and O–H groups in total. The predicted octanol–water partition coefficient (Wildman–Crippen LogP) is 4.16. The molecular formula is C21H28ClNO4. The minimum Gasteiger partial charge on any atom is -0.497 e. The van der Waals surface area contributed by atoms with E-state index in [0.717, 1.165) is 41.5 Å². The smallest absolute Gasteiger partial charge is 0.161 e. The van der Waals surface area contributed by atoms with E-state index < -0.39 is 0 Å². The second-order valence-electron chi connectivity index (χ2n) is 6.11. The van der Waals surface area contributed by atoms with Crippen LogP contribution in [-0.2, 0) is 6.42 Å². The van der Waals surface area contributed by atoms with Crippen molar-refractivity contribution in [1.82, 2.24) is 5.32 Å². The van der Waals surface area contributed by atoms with Crippen molar-refractivity contribution in [2.24, 2.45) is 0 Å². The fourth-order valence-electron chi connectivity index (χ4n) is 3.44. The van der Waals surface area contributed by atoms with E-state index >= 15 is 0 Å². The molecule has 0 amide bonds. The normalized spacial score (nSPS) is 15.3. The number of benzene rings is 2. The Labute approximate surface area is 167 Å². The molecule has 0 aliphatic carbocycles. The van der Waals surface area contributed by atoms with Crippen LogP contribution in [0.15, 0.2) is 30.3 Å². The summed E-state index contributed by atoms with van der Waals surface area (Å²) in [4.78, 5) is 0. The van der Waals surface area contributed by atoms with Crippen molar-refractivity contribution in [2.75, 3.05) is 34.0 Å². The topological polar surface area (TPSA) is 49.0 Å². The number of rotatable bonds is 7. The van der Waals surface area contributed by atoms with Crippen LogP contribution in [0.25, 0.3) is 0 Å². The first-order chi connectivity index (χ1) is 12.7. The Balaban J connectivity index is 0.00000261. The van der Waals surface area contributed by atoms with Gasteiger partial charge in [-0.25, -0.2) is 0 Å². The van der Waals surface area contributed by atoms with E-state index in [4.69, 9.17) is 18.9 Å². The lowest BCUT2D eigenvalue weighted by Gasteiger charge is -2.29. The summed E-state index contributed by atoms with van der Waals surface area (Å²) in [5.74, 6) is 3.19. The van der Waals surface area contributed by atoms with Crippen molar-refractivity contribution in [3.8, 4) is 23.0 Å². The van der Waals surface area contributed by atoms with Gasteiger partial charge in [0.1, 0.15) is 11.5 Å². The summed E-state index contributed by atoms with van der Waals surface area (Å²) < 4.78 is 22.6. The standard InChI is InChI=1S/C21H27NO4.ClH/c1-5-25-19-11-14-9-10-22-21(17(14)13-20(19)26-6-2)16-8-7-15(23-3)12-18(16)24-4;/h7-8,11-13,21-22H,5-6,9-10H2,1-4H3;1H. The molecule has 0 saturated heterocycles. The van der Waals surface area contributed by atoms with Gasteiger partial charge in [-0.1, -0.05) is 0 Å². The largest absolute Gasteiger partial charge is 0.497 e. The van der Waals surface area contributed by atoms with Gasteiger partial charge in [-0.05, 0) is 55.7 Å². The van der Waals surface area contributed by atoms with Crippen LogP contribution in [0.4, 0.5) is 0 Å². The van der Waals surface area contributed by atoms with Crippen LogP contribution in [0.5, 0.6) is 23.0 Å². The lowest BCUT2D eigenvalue weighted by molar-refractivity contribution is 0.286. The zero-order valence-corrected chi connectivity index (χ0v) is 17.2. The summed E-state index contributed by atoms with van der Waals surface area (Å²) in [6.07, 6.45) is 0.955. The molecule has 5 nitrogen and oxygen atoms in total. The molecule has 0 saturated carbocycles. The number of methoxy groups -OCH3 is 2. The van der Waals surface area contributed by atoms with Gasteiger partial charge >= 0.3 is 0 Å². The van der Waals surface area contributed by atoms with Gasteiger partial charge in [-0.2, -0.15) is 0 Å². The molecule has 0 bridgehead atoms. The number of fused-ring (bicyclic) bond motifs is 1. The zero-order chi connectivity index (χ0) is 18.5. The summed E-state index contributed by atoms with van der Waals surface area (Å²) >= 11 is 0. The van der Waals surface area contributed by atoms with E-state index in [1.54, 1.807) is 14.2 Å². The molecule has 27 heavy (non-hydrogen) atoms. The Morgan fingerprint density at radius 2 is 1.59 bits per heavy atom. The number of hydrogen-bond donors (Lipinski definition) is 1. The third-order valence-electron chi connectivity index (χ3n) is 4.61. The molecule has 6 heteroatoms. The van der Waals surface area contributed by atoms with Crippen molar-refractivity contribution in [2.45, 2.75) is 26.3 Å². The molecule has 1 atom stereocenters. The minimum atomic E-state index is 0. The average Bonchev–Trinajstić information content (AvgIpc) is 2.68. The molecule has 0 radical (unpaired) electrons.